The molecule has 0 spiro atoms. The lowest BCUT2D eigenvalue weighted by atomic mass is 10.1. The Hall–Kier alpha value is -1.64. The highest BCUT2D eigenvalue weighted by atomic mass is 35.5. The lowest BCUT2D eigenvalue weighted by molar-refractivity contribution is 0.0600. The second-order valence-corrected chi connectivity index (χ2v) is 5.39. The highest BCUT2D eigenvalue weighted by Crippen LogP contribution is 2.20. The minimum Gasteiger partial charge on any atom is -0.336 e. The molecule has 1 heterocycles. The molecule has 112 valence electrons. The maximum atomic E-state index is 13.9. The predicted octanol–water partition coefficient (Wildman–Crippen LogP) is 2.54. The van der Waals surface area contributed by atoms with Crippen molar-refractivity contribution in [3.8, 4) is 6.07 Å². The molecule has 1 fully saturated rings. The molecule has 1 atom stereocenters. The molecule has 2 rings (SSSR count). The molecule has 1 saturated heterocycles. The predicted molar refractivity (Wildman–Crippen MR) is 78.6 cm³/mol. The van der Waals surface area contributed by atoms with Gasteiger partial charge in [-0.3, -0.25) is 9.69 Å². The topological polar surface area (TPSA) is 47.3 Å². The average Bonchev–Trinajstić information content (AvgIpc) is 2.51. The van der Waals surface area contributed by atoms with Crippen LogP contribution in [0.4, 0.5) is 4.39 Å². The quantitative estimate of drug-likeness (QED) is 0.862. The maximum Gasteiger partial charge on any atom is 0.256 e. The van der Waals surface area contributed by atoms with Gasteiger partial charge in [-0.2, -0.15) is 5.26 Å². The summed E-state index contributed by atoms with van der Waals surface area (Å²) in [6.45, 7) is 4.19. The van der Waals surface area contributed by atoms with Crippen molar-refractivity contribution in [2.24, 2.45) is 0 Å². The first-order valence-electron chi connectivity index (χ1n) is 6.95. The van der Waals surface area contributed by atoms with Crippen LogP contribution >= 0.6 is 11.6 Å². The summed E-state index contributed by atoms with van der Waals surface area (Å²) in [5.74, 6) is -1.02. The van der Waals surface area contributed by atoms with Crippen LogP contribution in [0.15, 0.2) is 18.2 Å². The summed E-state index contributed by atoms with van der Waals surface area (Å²) in [4.78, 5) is 16.0. The van der Waals surface area contributed by atoms with E-state index in [0.717, 1.165) is 6.42 Å². The lowest BCUT2D eigenvalue weighted by Gasteiger charge is -2.36. The number of hydrogen-bond acceptors (Lipinski definition) is 3. The summed E-state index contributed by atoms with van der Waals surface area (Å²) in [6.07, 6.45) is 0.757. The highest BCUT2D eigenvalue weighted by Gasteiger charge is 2.27. The second kappa shape index (κ2) is 6.88. The van der Waals surface area contributed by atoms with Crippen molar-refractivity contribution in [3.05, 3.63) is 34.6 Å². The number of benzene rings is 1. The fourth-order valence-corrected chi connectivity index (χ4v) is 2.68. The van der Waals surface area contributed by atoms with Crippen molar-refractivity contribution >= 4 is 17.5 Å². The van der Waals surface area contributed by atoms with E-state index >= 15 is 0 Å². The van der Waals surface area contributed by atoms with E-state index in [-0.39, 0.29) is 22.5 Å². The summed E-state index contributed by atoms with van der Waals surface area (Å²) in [5, 5.41) is 9.02. The van der Waals surface area contributed by atoms with Crippen LogP contribution in [-0.4, -0.2) is 47.9 Å². The summed E-state index contributed by atoms with van der Waals surface area (Å²) >= 11 is 5.71. The Morgan fingerprint density at radius 1 is 1.43 bits per heavy atom. The van der Waals surface area contributed by atoms with Gasteiger partial charge in [-0.1, -0.05) is 24.6 Å². The van der Waals surface area contributed by atoms with Gasteiger partial charge in [0.2, 0.25) is 0 Å². The zero-order valence-electron chi connectivity index (χ0n) is 11.9. The van der Waals surface area contributed by atoms with E-state index in [2.05, 4.69) is 11.0 Å². The van der Waals surface area contributed by atoms with Crippen LogP contribution in [-0.2, 0) is 0 Å². The number of piperazine rings is 1. The van der Waals surface area contributed by atoms with E-state index < -0.39 is 5.82 Å². The third-order valence-electron chi connectivity index (χ3n) is 3.76. The van der Waals surface area contributed by atoms with Crippen LogP contribution in [0.1, 0.15) is 23.7 Å². The van der Waals surface area contributed by atoms with Gasteiger partial charge in [0.25, 0.3) is 5.91 Å². The fourth-order valence-electron chi connectivity index (χ4n) is 2.51. The third-order valence-corrected chi connectivity index (χ3v) is 4.05. The minimum atomic E-state index is -0.671. The fraction of sp³-hybridized carbons (Fsp3) is 0.467. The Morgan fingerprint density at radius 3 is 2.67 bits per heavy atom. The number of amides is 1. The van der Waals surface area contributed by atoms with Crippen LogP contribution in [0.2, 0.25) is 5.02 Å². The molecule has 4 nitrogen and oxygen atoms in total. The van der Waals surface area contributed by atoms with Crippen molar-refractivity contribution < 1.29 is 9.18 Å². The molecule has 1 aliphatic rings. The normalized spacial score (nSPS) is 17.3. The van der Waals surface area contributed by atoms with Gasteiger partial charge in [0, 0.05) is 26.2 Å². The third kappa shape index (κ3) is 3.34. The lowest BCUT2D eigenvalue weighted by Crippen LogP contribution is -2.51. The van der Waals surface area contributed by atoms with E-state index in [9.17, 15) is 9.18 Å². The van der Waals surface area contributed by atoms with E-state index in [1.54, 1.807) is 11.0 Å². The minimum absolute atomic E-state index is 0.00303. The molecule has 1 amide bonds. The monoisotopic (exact) mass is 309 g/mol. The number of halogens is 2. The molecule has 0 N–H and O–H groups in total. The van der Waals surface area contributed by atoms with Gasteiger partial charge in [0.05, 0.1) is 22.7 Å². The maximum absolute atomic E-state index is 13.9. The number of hydrogen-bond donors (Lipinski definition) is 0. The van der Waals surface area contributed by atoms with Gasteiger partial charge in [0.15, 0.2) is 5.82 Å². The zero-order chi connectivity index (χ0) is 15.4. The van der Waals surface area contributed by atoms with E-state index in [1.165, 1.54) is 12.1 Å². The first-order valence-corrected chi connectivity index (χ1v) is 7.33. The number of carbonyl (C=O) groups excluding carboxylic acids is 1. The number of nitriles is 1. The largest absolute Gasteiger partial charge is 0.336 e. The van der Waals surface area contributed by atoms with E-state index in [4.69, 9.17) is 16.9 Å². The highest BCUT2D eigenvalue weighted by molar-refractivity contribution is 6.31. The van der Waals surface area contributed by atoms with Gasteiger partial charge in [-0.25, -0.2) is 4.39 Å². The summed E-state index contributed by atoms with van der Waals surface area (Å²) < 4.78 is 13.9. The van der Waals surface area contributed by atoms with Crippen LogP contribution in [0.3, 0.4) is 0 Å². The average molecular weight is 310 g/mol. The number of nitrogens with zero attached hydrogens (tertiary/aromatic N) is 3. The van der Waals surface area contributed by atoms with Crippen LogP contribution in [0.25, 0.3) is 0 Å². The Morgan fingerprint density at radius 2 is 2.10 bits per heavy atom. The number of carbonyl (C=O) groups is 1. The molecule has 1 aromatic carbocycles. The SMILES string of the molecule is CCC(C#N)N1CCN(C(=O)c2cccc(Cl)c2F)CC1. The molecule has 1 unspecified atom stereocenters. The van der Waals surface area contributed by atoms with E-state index in [0.29, 0.717) is 26.2 Å². The van der Waals surface area contributed by atoms with Crippen molar-refractivity contribution in [2.45, 2.75) is 19.4 Å². The molecule has 0 saturated carbocycles. The molecule has 0 bridgehead atoms. The molecule has 21 heavy (non-hydrogen) atoms. The van der Waals surface area contributed by atoms with E-state index in [1.807, 2.05) is 6.92 Å². The molecule has 1 aromatic rings. The molecule has 1 aliphatic heterocycles. The van der Waals surface area contributed by atoms with Crippen LogP contribution in [0, 0.1) is 17.1 Å². The van der Waals surface area contributed by atoms with Crippen molar-refractivity contribution in [2.75, 3.05) is 26.2 Å². The summed E-state index contributed by atoms with van der Waals surface area (Å²) in [5.41, 5.74) is 0.00303. The zero-order valence-corrected chi connectivity index (χ0v) is 12.6. The molecule has 6 heteroatoms. The Bertz CT molecular complexity index is 565. The molecule has 0 aromatic heterocycles. The Balaban J connectivity index is 2.04. The van der Waals surface area contributed by atoms with Gasteiger partial charge < -0.3 is 4.90 Å². The number of rotatable bonds is 3. The van der Waals surface area contributed by atoms with Crippen molar-refractivity contribution in [1.29, 1.82) is 5.26 Å². The Kier molecular flexibility index (Phi) is 5.16. The molecular weight excluding hydrogens is 293 g/mol. The van der Waals surface area contributed by atoms with Gasteiger partial charge in [0.1, 0.15) is 0 Å². The first kappa shape index (κ1) is 15.7. The van der Waals surface area contributed by atoms with Crippen LogP contribution in [0.5, 0.6) is 0 Å². The van der Waals surface area contributed by atoms with Gasteiger partial charge in [-0.15, -0.1) is 0 Å². The van der Waals surface area contributed by atoms with Crippen LogP contribution < -0.4 is 0 Å². The molecular formula is C15H17ClFN3O. The first-order chi connectivity index (χ1) is 10.1. The molecule has 0 aliphatic carbocycles. The van der Waals surface area contributed by atoms with Crippen molar-refractivity contribution in [1.82, 2.24) is 9.80 Å². The smallest absolute Gasteiger partial charge is 0.256 e. The molecule has 0 radical (unpaired) electrons. The van der Waals surface area contributed by atoms with Crippen molar-refractivity contribution in [3.63, 3.8) is 0 Å². The second-order valence-electron chi connectivity index (χ2n) is 4.98. The van der Waals surface area contributed by atoms with Gasteiger partial charge >= 0.3 is 0 Å². The Labute approximate surface area is 128 Å². The van der Waals surface area contributed by atoms with Gasteiger partial charge in [-0.05, 0) is 18.6 Å². The summed E-state index contributed by atoms with van der Waals surface area (Å²) in [6, 6.07) is 6.57. The standard InChI is InChI=1S/C15H17ClFN3O/c1-2-11(10-18)19-6-8-20(9-7-19)15(21)12-4-3-5-13(16)14(12)17/h3-5,11H,2,6-9H2,1H3. The summed E-state index contributed by atoms with van der Waals surface area (Å²) in [7, 11) is 0.